The Kier molecular flexibility index (Phi) is 8.26. The van der Waals surface area contributed by atoms with Crippen LogP contribution in [0.4, 0.5) is 13.2 Å². The maximum atomic E-state index is 13.0. The van der Waals surface area contributed by atoms with Crippen LogP contribution in [0.5, 0.6) is 17.2 Å². The number of piperazine rings is 1. The number of nitrogens with zero attached hydrogens (tertiary/aromatic N) is 2. The van der Waals surface area contributed by atoms with E-state index in [1.54, 1.807) is 23.1 Å². The molecule has 1 aliphatic heterocycles. The summed E-state index contributed by atoms with van der Waals surface area (Å²) in [7, 11) is 3.05. The fraction of sp³-hybridized carbons (Fsp3) is 0.333. The van der Waals surface area contributed by atoms with Crippen LogP contribution in [0.1, 0.15) is 27.2 Å². The molecule has 0 unspecified atom stereocenters. The molecule has 1 fully saturated rings. The van der Waals surface area contributed by atoms with Crippen molar-refractivity contribution in [2.75, 3.05) is 40.4 Å². The van der Waals surface area contributed by atoms with E-state index in [0.717, 1.165) is 12.1 Å². The molecule has 11 heteroatoms. The minimum Gasteiger partial charge on any atom is -0.497 e. The second kappa shape index (κ2) is 11.6. The van der Waals surface area contributed by atoms with Gasteiger partial charge in [0.1, 0.15) is 30.1 Å². The van der Waals surface area contributed by atoms with Crippen LogP contribution in [0.2, 0.25) is 0 Å². The first-order valence-corrected chi connectivity index (χ1v) is 11.8. The molecular formula is C27H27F3N2O6. The smallest absolute Gasteiger partial charge is 0.416 e. The van der Waals surface area contributed by atoms with E-state index in [0.29, 0.717) is 61.1 Å². The molecule has 0 bridgehead atoms. The van der Waals surface area contributed by atoms with Crippen LogP contribution in [-0.2, 0) is 19.3 Å². The standard InChI is InChI=1S/C27H27F3N2O6/c1-35-21-11-19(12-22(13-21)36-2)26(34)32-9-7-31(8-10-32)15-23-14-24(33)25(17-37-23)38-16-18-3-5-20(6-4-18)27(28,29)30/h3-6,11-14,17H,7-10,15-16H2,1-2H3. The third-order valence-corrected chi connectivity index (χ3v) is 6.17. The molecule has 0 N–H and O–H groups in total. The van der Waals surface area contributed by atoms with E-state index in [1.165, 1.54) is 38.7 Å². The molecule has 1 amide bonds. The fourth-order valence-electron chi connectivity index (χ4n) is 4.02. The predicted octanol–water partition coefficient (Wildman–Crippen LogP) is 4.21. The SMILES string of the molecule is COc1cc(OC)cc(C(=O)N2CCN(Cc3cc(=O)c(OCc4ccc(C(F)(F)F)cc4)co3)CC2)c1. The Balaban J connectivity index is 1.29. The summed E-state index contributed by atoms with van der Waals surface area (Å²) in [5, 5.41) is 0. The zero-order valence-corrected chi connectivity index (χ0v) is 20.9. The maximum absolute atomic E-state index is 13.0. The van der Waals surface area contributed by atoms with Gasteiger partial charge in [0.25, 0.3) is 5.91 Å². The van der Waals surface area contributed by atoms with Gasteiger partial charge >= 0.3 is 6.18 Å². The molecule has 0 saturated carbocycles. The van der Waals surface area contributed by atoms with Crippen molar-refractivity contribution in [2.45, 2.75) is 19.3 Å². The second-order valence-corrected chi connectivity index (χ2v) is 8.73. The minimum absolute atomic E-state index is 0.0298. The Morgan fingerprint density at radius 2 is 1.58 bits per heavy atom. The average molecular weight is 533 g/mol. The molecule has 3 aromatic rings. The number of alkyl halides is 3. The molecule has 0 aliphatic carbocycles. The number of methoxy groups -OCH3 is 2. The Labute approximate surface area is 217 Å². The minimum atomic E-state index is -4.41. The van der Waals surface area contributed by atoms with Crippen LogP contribution in [0.15, 0.2) is 64.0 Å². The quantitative estimate of drug-likeness (QED) is 0.430. The summed E-state index contributed by atoms with van der Waals surface area (Å²) in [6.45, 7) is 2.47. The van der Waals surface area contributed by atoms with Crippen LogP contribution < -0.4 is 19.6 Å². The number of ether oxygens (including phenoxy) is 3. The van der Waals surface area contributed by atoms with Crippen LogP contribution >= 0.6 is 0 Å². The Hall–Kier alpha value is -3.99. The molecule has 1 aliphatic rings. The Morgan fingerprint density at radius 1 is 0.947 bits per heavy atom. The zero-order valence-electron chi connectivity index (χ0n) is 20.9. The highest BCUT2D eigenvalue weighted by Crippen LogP contribution is 2.29. The number of hydrogen-bond donors (Lipinski definition) is 0. The molecule has 0 atom stereocenters. The van der Waals surface area contributed by atoms with Gasteiger partial charge in [-0.2, -0.15) is 13.2 Å². The number of halogens is 3. The molecule has 0 radical (unpaired) electrons. The lowest BCUT2D eigenvalue weighted by atomic mass is 10.1. The topological polar surface area (TPSA) is 81.5 Å². The summed E-state index contributed by atoms with van der Waals surface area (Å²) in [6.07, 6.45) is -3.21. The van der Waals surface area contributed by atoms with Crippen molar-refractivity contribution in [1.82, 2.24) is 9.80 Å². The van der Waals surface area contributed by atoms with E-state index < -0.39 is 11.7 Å². The molecule has 2 heterocycles. The molecule has 0 spiro atoms. The third kappa shape index (κ3) is 6.65. The van der Waals surface area contributed by atoms with Crippen LogP contribution in [-0.4, -0.2) is 56.1 Å². The highest BCUT2D eigenvalue weighted by atomic mass is 19.4. The summed E-state index contributed by atoms with van der Waals surface area (Å²) in [5.74, 6) is 1.36. The molecular weight excluding hydrogens is 505 g/mol. The van der Waals surface area contributed by atoms with Gasteiger partial charge in [-0.3, -0.25) is 14.5 Å². The highest BCUT2D eigenvalue weighted by Gasteiger charge is 2.30. The number of benzene rings is 2. The summed E-state index contributed by atoms with van der Waals surface area (Å²) in [5.41, 5.74) is -0.177. The summed E-state index contributed by atoms with van der Waals surface area (Å²) >= 11 is 0. The zero-order chi connectivity index (χ0) is 27.3. The first-order chi connectivity index (χ1) is 18.2. The van der Waals surface area contributed by atoms with Crippen molar-refractivity contribution in [2.24, 2.45) is 0 Å². The molecule has 1 aromatic heterocycles. The molecule has 4 rings (SSSR count). The van der Waals surface area contributed by atoms with E-state index >= 15 is 0 Å². The van der Waals surface area contributed by atoms with E-state index in [1.807, 2.05) is 0 Å². The van der Waals surface area contributed by atoms with Gasteiger partial charge in [-0.15, -0.1) is 0 Å². The van der Waals surface area contributed by atoms with Crippen molar-refractivity contribution in [3.8, 4) is 17.2 Å². The van der Waals surface area contributed by atoms with E-state index in [9.17, 15) is 22.8 Å². The van der Waals surface area contributed by atoms with Gasteiger partial charge in [-0.05, 0) is 29.8 Å². The van der Waals surface area contributed by atoms with Crippen molar-refractivity contribution in [1.29, 1.82) is 0 Å². The number of carbonyl (C=O) groups is 1. The van der Waals surface area contributed by atoms with E-state index in [-0.39, 0.29) is 23.7 Å². The van der Waals surface area contributed by atoms with Gasteiger partial charge in [-0.1, -0.05) is 12.1 Å². The van der Waals surface area contributed by atoms with E-state index in [2.05, 4.69) is 4.90 Å². The Bertz CT molecular complexity index is 1290. The monoisotopic (exact) mass is 532 g/mol. The summed E-state index contributed by atoms with van der Waals surface area (Å²) in [6, 6.07) is 10.9. The van der Waals surface area contributed by atoms with Crippen molar-refractivity contribution < 1.29 is 36.6 Å². The lowest BCUT2D eigenvalue weighted by Gasteiger charge is -2.34. The Morgan fingerprint density at radius 3 is 2.13 bits per heavy atom. The van der Waals surface area contributed by atoms with Gasteiger partial charge in [0.15, 0.2) is 0 Å². The van der Waals surface area contributed by atoms with Crippen molar-refractivity contribution >= 4 is 5.91 Å². The van der Waals surface area contributed by atoms with E-state index in [4.69, 9.17) is 18.6 Å². The summed E-state index contributed by atoms with van der Waals surface area (Å²) in [4.78, 5) is 29.3. The number of carbonyl (C=O) groups excluding carboxylic acids is 1. The number of rotatable bonds is 8. The second-order valence-electron chi connectivity index (χ2n) is 8.73. The average Bonchev–Trinajstić information content (AvgIpc) is 2.92. The maximum Gasteiger partial charge on any atom is 0.416 e. The lowest BCUT2D eigenvalue weighted by molar-refractivity contribution is -0.137. The van der Waals surface area contributed by atoms with Crippen LogP contribution in [0.3, 0.4) is 0 Å². The fourth-order valence-corrected chi connectivity index (χ4v) is 4.02. The van der Waals surface area contributed by atoms with Gasteiger partial charge in [0.05, 0.1) is 26.3 Å². The van der Waals surface area contributed by atoms with Crippen molar-refractivity contribution in [3.63, 3.8) is 0 Å². The highest BCUT2D eigenvalue weighted by molar-refractivity contribution is 5.95. The van der Waals surface area contributed by atoms with Gasteiger partial charge < -0.3 is 23.5 Å². The lowest BCUT2D eigenvalue weighted by Crippen LogP contribution is -2.48. The van der Waals surface area contributed by atoms with Crippen molar-refractivity contribution in [3.05, 3.63) is 87.5 Å². The molecule has 38 heavy (non-hydrogen) atoms. The molecule has 2 aromatic carbocycles. The van der Waals surface area contributed by atoms with Gasteiger partial charge in [0, 0.05) is 43.9 Å². The van der Waals surface area contributed by atoms with Gasteiger partial charge in [-0.25, -0.2) is 0 Å². The normalized spacial score (nSPS) is 14.3. The van der Waals surface area contributed by atoms with Crippen LogP contribution in [0.25, 0.3) is 0 Å². The first-order valence-electron chi connectivity index (χ1n) is 11.8. The molecule has 202 valence electrons. The largest absolute Gasteiger partial charge is 0.497 e. The first kappa shape index (κ1) is 27.1. The number of hydrogen-bond acceptors (Lipinski definition) is 7. The van der Waals surface area contributed by atoms with Crippen LogP contribution in [0, 0.1) is 0 Å². The predicted molar refractivity (Wildman–Crippen MR) is 131 cm³/mol. The number of amides is 1. The summed E-state index contributed by atoms with van der Waals surface area (Å²) < 4.78 is 59.6. The molecule has 8 nitrogen and oxygen atoms in total. The third-order valence-electron chi connectivity index (χ3n) is 6.17. The van der Waals surface area contributed by atoms with Gasteiger partial charge in [0.2, 0.25) is 11.2 Å². The molecule has 1 saturated heterocycles.